The summed E-state index contributed by atoms with van der Waals surface area (Å²) >= 11 is 0. The molecular weight excluding hydrogens is 220 g/mol. The van der Waals surface area contributed by atoms with E-state index in [9.17, 15) is 10.1 Å². The van der Waals surface area contributed by atoms with Gasteiger partial charge in [0.2, 0.25) is 6.20 Å². The minimum Gasteiger partial charge on any atom is -0.497 e. The van der Waals surface area contributed by atoms with Crippen molar-refractivity contribution in [3.8, 4) is 5.75 Å². The second kappa shape index (κ2) is 4.29. The van der Waals surface area contributed by atoms with E-state index in [1.807, 2.05) is 35.9 Å². The van der Waals surface area contributed by atoms with Crippen molar-refractivity contribution in [1.82, 2.24) is 4.57 Å². The third-order valence-corrected chi connectivity index (χ3v) is 2.65. The van der Waals surface area contributed by atoms with Crippen molar-refractivity contribution in [3.05, 3.63) is 46.3 Å². The summed E-state index contributed by atoms with van der Waals surface area (Å²) in [6, 6.07) is 7.58. The first-order valence-electron chi connectivity index (χ1n) is 5.07. The molecule has 0 saturated carbocycles. The number of fused-ring (bicyclic) bond motifs is 1. The van der Waals surface area contributed by atoms with Gasteiger partial charge in [0.1, 0.15) is 5.75 Å². The van der Waals surface area contributed by atoms with Crippen LogP contribution in [0.1, 0.15) is 5.69 Å². The summed E-state index contributed by atoms with van der Waals surface area (Å²) in [5.41, 5.74) is 1.79. The van der Waals surface area contributed by atoms with Crippen LogP contribution >= 0.6 is 0 Å². The minimum absolute atomic E-state index is 0.474. The van der Waals surface area contributed by atoms with Crippen LogP contribution in [0.5, 0.6) is 5.75 Å². The topological polar surface area (TPSA) is 57.3 Å². The van der Waals surface area contributed by atoms with Crippen LogP contribution in [0.2, 0.25) is 0 Å². The van der Waals surface area contributed by atoms with Crippen molar-refractivity contribution < 1.29 is 9.66 Å². The highest BCUT2D eigenvalue weighted by atomic mass is 16.6. The Kier molecular flexibility index (Phi) is 2.82. The molecule has 0 aliphatic rings. The molecule has 0 spiro atoms. The van der Waals surface area contributed by atoms with E-state index in [1.54, 1.807) is 7.11 Å². The number of benzene rings is 1. The Balaban J connectivity index is 2.52. The van der Waals surface area contributed by atoms with Gasteiger partial charge in [-0.05, 0) is 24.3 Å². The molecule has 0 amide bonds. The summed E-state index contributed by atoms with van der Waals surface area (Å²) in [5, 5.41) is 11.3. The van der Waals surface area contributed by atoms with Gasteiger partial charge in [-0.15, -0.1) is 0 Å². The zero-order valence-corrected chi connectivity index (χ0v) is 9.58. The van der Waals surface area contributed by atoms with Crippen LogP contribution in [0.25, 0.3) is 17.0 Å². The molecule has 1 aromatic heterocycles. The number of hydrogen-bond acceptors (Lipinski definition) is 3. The molecule has 2 aromatic rings. The van der Waals surface area contributed by atoms with Gasteiger partial charge in [0.05, 0.1) is 12.0 Å². The molecule has 0 saturated heterocycles. The summed E-state index contributed by atoms with van der Waals surface area (Å²) < 4.78 is 7.03. The highest BCUT2D eigenvalue weighted by Gasteiger charge is 2.05. The Bertz CT molecular complexity index is 599. The standard InChI is InChI=1S/C12H12N2O3/c1-13-10(5-6-14(15)16)7-9-8-11(17-2)3-4-12(9)13/h3-8H,1-2H3/b6-5+. The van der Waals surface area contributed by atoms with Gasteiger partial charge >= 0.3 is 0 Å². The first-order valence-corrected chi connectivity index (χ1v) is 5.07. The zero-order valence-electron chi connectivity index (χ0n) is 9.58. The van der Waals surface area contributed by atoms with E-state index in [2.05, 4.69) is 0 Å². The summed E-state index contributed by atoms with van der Waals surface area (Å²) in [6.45, 7) is 0. The maximum atomic E-state index is 10.3. The third kappa shape index (κ3) is 2.13. The van der Waals surface area contributed by atoms with E-state index in [0.29, 0.717) is 0 Å². The van der Waals surface area contributed by atoms with E-state index >= 15 is 0 Å². The van der Waals surface area contributed by atoms with E-state index < -0.39 is 4.92 Å². The average molecular weight is 232 g/mol. The van der Waals surface area contributed by atoms with Crippen LogP contribution < -0.4 is 4.74 Å². The van der Waals surface area contributed by atoms with Gasteiger partial charge in [-0.2, -0.15) is 0 Å². The Labute approximate surface area is 98.1 Å². The molecule has 1 aromatic carbocycles. The van der Waals surface area contributed by atoms with E-state index in [0.717, 1.165) is 28.5 Å². The molecule has 0 bridgehead atoms. The van der Waals surface area contributed by atoms with Crippen LogP contribution in [-0.2, 0) is 7.05 Å². The molecule has 0 aliphatic carbocycles. The fourth-order valence-electron chi connectivity index (χ4n) is 1.77. The molecule has 5 heteroatoms. The normalized spacial score (nSPS) is 11.2. The number of rotatable bonds is 3. The molecule has 0 fully saturated rings. The molecule has 5 nitrogen and oxygen atoms in total. The van der Waals surface area contributed by atoms with Gasteiger partial charge < -0.3 is 9.30 Å². The lowest BCUT2D eigenvalue weighted by molar-refractivity contribution is -0.401. The third-order valence-electron chi connectivity index (χ3n) is 2.65. The summed E-state index contributed by atoms with van der Waals surface area (Å²) in [7, 11) is 3.48. The fraction of sp³-hybridized carbons (Fsp3) is 0.167. The summed E-state index contributed by atoms with van der Waals surface area (Å²) in [6.07, 6.45) is 2.41. The monoisotopic (exact) mass is 232 g/mol. The van der Waals surface area contributed by atoms with Crippen molar-refractivity contribution in [2.45, 2.75) is 0 Å². The smallest absolute Gasteiger partial charge is 0.236 e. The number of aromatic nitrogens is 1. The SMILES string of the molecule is COc1ccc2c(c1)cc(/C=C/[N+](=O)[O-])n2C. The van der Waals surface area contributed by atoms with Crippen LogP contribution in [0.3, 0.4) is 0 Å². The maximum absolute atomic E-state index is 10.3. The van der Waals surface area contributed by atoms with Crippen LogP contribution in [-0.4, -0.2) is 16.6 Å². The molecular formula is C12H12N2O3. The number of hydrogen-bond donors (Lipinski definition) is 0. The first-order chi connectivity index (χ1) is 8.11. The highest BCUT2D eigenvalue weighted by Crippen LogP contribution is 2.24. The Morgan fingerprint density at radius 3 is 2.82 bits per heavy atom. The molecule has 0 N–H and O–H groups in total. The van der Waals surface area contributed by atoms with Crippen molar-refractivity contribution in [3.63, 3.8) is 0 Å². The largest absolute Gasteiger partial charge is 0.497 e. The Hall–Kier alpha value is -2.30. The minimum atomic E-state index is -0.474. The lowest BCUT2D eigenvalue weighted by atomic mass is 10.2. The first kappa shape index (κ1) is 11.2. The van der Waals surface area contributed by atoms with Crippen LogP contribution in [0.4, 0.5) is 0 Å². The van der Waals surface area contributed by atoms with Gasteiger partial charge in [0, 0.05) is 29.7 Å². The van der Waals surface area contributed by atoms with Crippen molar-refractivity contribution in [2.24, 2.45) is 7.05 Å². The van der Waals surface area contributed by atoms with E-state index in [-0.39, 0.29) is 0 Å². The predicted molar refractivity (Wildman–Crippen MR) is 65.5 cm³/mol. The molecule has 88 valence electrons. The summed E-state index contributed by atoms with van der Waals surface area (Å²) in [4.78, 5) is 9.82. The van der Waals surface area contributed by atoms with Crippen molar-refractivity contribution >= 4 is 17.0 Å². The molecule has 0 atom stereocenters. The number of ether oxygens (including phenoxy) is 1. The average Bonchev–Trinajstić information content (AvgIpc) is 2.63. The van der Waals surface area contributed by atoms with Gasteiger partial charge in [0.25, 0.3) is 0 Å². The number of nitrogens with zero attached hydrogens (tertiary/aromatic N) is 2. The van der Waals surface area contributed by atoms with Gasteiger partial charge in [0.15, 0.2) is 0 Å². The number of methoxy groups -OCH3 is 1. The van der Waals surface area contributed by atoms with Crippen molar-refractivity contribution in [2.75, 3.05) is 7.11 Å². The van der Waals surface area contributed by atoms with E-state index in [1.165, 1.54) is 6.08 Å². The second-order valence-electron chi connectivity index (χ2n) is 3.65. The number of aryl methyl sites for hydroxylation is 1. The predicted octanol–water partition coefficient (Wildman–Crippen LogP) is 2.43. The van der Waals surface area contributed by atoms with Crippen LogP contribution in [0, 0.1) is 10.1 Å². The molecule has 0 aliphatic heterocycles. The van der Waals surface area contributed by atoms with E-state index in [4.69, 9.17) is 4.74 Å². The van der Waals surface area contributed by atoms with Crippen molar-refractivity contribution in [1.29, 1.82) is 0 Å². The second-order valence-corrected chi connectivity index (χ2v) is 3.65. The van der Waals surface area contributed by atoms with Gasteiger partial charge in [-0.1, -0.05) is 0 Å². The lowest BCUT2D eigenvalue weighted by Gasteiger charge is -2.01. The molecule has 1 heterocycles. The Morgan fingerprint density at radius 2 is 2.18 bits per heavy atom. The molecule has 0 radical (unpaired) electrons. The molecule has 2 rings (SSSR count). The highest BCUT2D eigenvalue weighted by molar-refractivity contribution is 5.84. The number of nitro groups is 1. The van der Waals surface area contributed by atoms with Crippen LogP contribution in [0.15, 0.2) is 30.5 Å². The maximum Gasteiger partial charge on any atom is 0.236 e. The zero-order chi connectivity index (χ0) is 12.4. The molecule has 0 unspecified atom stereocenters. The molecule has 17 heavy (non-hydrogen) atoms. The lowest BCUT2D eigenvalue weighted by Crippen LogP contribution is -1.91. The van der Waals surface area contributed by atoms with Gasteiger partial charge in [-0.25, -0.2) is 0 Å². The quantitative estimate of drug-likeness (QED) is 0.603. The Morgan fingerprint density at radius 1 is 1.41 bits per heavy atom. The fourth-order valence-corrected chi connectivity index (χ4v) is 1.77. The summed E-state index contributed by atoms with van der Waals surface area (Å²) in [5.74, 6) is 0.771. The van der Waals surface area contributed by atoms with Gasteiger partial charge in [-0.3, -0.25) is 10.1 Å².